The van der Waals surface area contributed by atoms with Gasteiger partial charge in [0.25, 0.3) is 0 Å². The van der Waals surface area contributed by atoms with E-state index < -0.39 is 0 Å². The number of hydrogen-bond donors (Lipinski definition) is 1. The van der Waals surface area contributed by atoms with Crippen LogP contribution in [0.5, 0.6) is 0 Å². The lowest BCUT2D eigenvalue weighted by atomic mass is 10.3. The molecule has 0 spiro atoms. The largest absolute Gasteiger partial charge is 0.243 e. The molecule has 0 N–H and O–H groups in total. The van der Waals surface area contributed by atoms with Gasteiger partial charge in [0.05, 0.1) is 5.56 Å². The molecule has 0 aromatic carbocycles. The predicted octanol–water partition coefficient (Wildman–Crippen LogP) is 2.41. The first kappa shape index (κ1) is 9.44. The van der Waals surface area contributed by atoms with Crippen LogP contribution in [0.1, 0.15) is 12.0 Å². The Kier molecular flexibility index (Phi) is 3.99. The van der Waals surface area contributed by atoms with Gasteiger partial charge in [-0.25, -0.2) is 4.98 Å². The Hall–Kier alpha value is -0.650. The molecule has 0 atom stereocenters. The van der Waals surface area contributed by atoms with Crippen LogP contribution in [0.3, 0.4) is 0 Å². The molecule has 0 unspecified atom stereocenters. The number of nitrogens with zero attached hydrogens (tertiary/aromatic N) is 1. The molecule has 1 nitrogen and oxygen atoms in total. The Morgan fingerprint density at radius 1 is 1.58 bits per heavy atom. The van der Waals surface area contributed by atoms with Crippen LogP contribution in [0.25, 0.3) is 0 Å². The number of rotatable bonds is 1. The first-order valence-corrected chi connectivity index (χ1v) is 4.56. The number of halogens is 1. The molecule has 0 bridgehead atoms. The summed E-state index contributed by atoms with van der Waals surface area (Å²) in [6.07, 6.45) is 2.42. The summed E-state index contributed by atoms with van der Waals surface area (Å²) in [4.78, 5) is 3.90. The Bertz CT molecular complexity index is 314. The molecular formula is C9H8ClNS. The summed E-state index contributed by atoms with van der Waals surface area (Å²) in [5.41, 5.74) is 0.779. The summed E-state index contributed by atoms with van der Waals surface area (Å²) in [5.74, 6) is 6.63. The molecule has 62 valence electrons. The van der Waals surface area contributed by atoms with E-state index in [-0.39, 0.29) is 0 Å². The minimum atomic E-state index is 0.462. The van der Waals surface area contributed by atoms with E-state index in [4.69, 9.17) is 11.6 Å². The smallest absolute Gasteiger partial charge is 0.144 e. The van der Waals surface area contributed by atoms with Crippen LogP contribution in [0.4, 0.5) is 0 Å². The Morgan fingerprint density at radius 2 is 2.42 bits per heavy atom. The normalized spacial score (nSPS) is 8.83. The summed E-state index contributed by atoms with van der Waals surface area (Å²) in [7, 11) is 0. The van der Waals surface area contributed by atoms with Gasteiger partial charge in [0.1, 0.15) is 5.15 Å². The van der Waals surface area contributed by atoms with E-state index in [1.165, 1.54) is 0 Å². The monoisotopic (exact) mass is 197 g/mol. The van der Waals surface area contributed by atoms with Crippen LogP contribution in [0.2, 0.25) is 5.15 Å². The standard InChI is InChI=1S/C9H8ClNS/c10-9-8(4-1-2-7-12)5-3-6-11-9/h3,5-6,12H,2,7H2. The van der Waals surface area contributed by atoms with Crippen molar-refractivity contribution in [1.29, 1.82) is 0 Å². The molecular weight excluding hydrogens is 190 g/mol. The number of pyridine rings is 1. The van der Waals surface area contributed by atoms with Crippen LogP contribution < -0.4 is 0 Å². The number of aromatic nitrogens is 1. The molecule has 0 amide bonds. The molecule has 1 aromatic rings. The van der Waals surface area contributed by atoms with E-state index in [1.807, 2.05) is 12.1 Å². The lowest BCUT2D eigenvalue weighted by Crippen LogP contribution is -1.80. The quantitative estimate of drug-likeness (QED) is 0.415. The van der Waals surface area contributed by atoms with Gasteiger partial charge in [-0.1, -0.05) is 23.4 Å². The SMILES string of the molecule is SCCC#Cc1cccnc1Cl. The highest BCUT2D eigenvalue weighted by Gasteiger charge is 1.93. The van der Waals surface area contributed by atoms with Crippen molar-refractivity contribution in [3.8, 4) is 11.8 Å². The molecule has 0 aliphatic rings. The van der Waals surface area contributed by atoms with E-state index in [0.717, 1.165) is 17.7 Å². The zero-order valence-corrected chi connectivity index (χ0v) is 8.07. The molecule has 1 aromatic heterocycles. The van der Waals surface area contributed by atoms with Crippen molar-refractivity contribution in [3.63, 3.8) is 0 Å². The second-order valence-corrected chi connectivity index (χ2v) is 2.92. The summed E-state index contributed by atoms with van der Waals surface area (Å²) in [6.45, 7) is 0. The van der Waals surface area contributed by atoms with Crippen molar-refractivity contribution >= 4 is 24.2 Å². The van der Waals surface area contributed by atoms with Crippen LogP contribution in [0, 0.1) is 11.8 Å². The zero-order chi connectivity index (χ0) is 8.81. The maximum Gasteiger partial charge on any atom is 0.144 e. The van der Waals surface area contributed by atoms with Crippen molar-refractivity contribution in [3.05, 3.63) is 29.0 Å². The Labute approximate surface area is 82.6 Å². The minimum absolute atomic E-state index is 0.462. The molecule has 0 aliphatic heterocycles. The fourth-order valence-electron chi connectivity index (χ4n) is 0.693. The van der Waals surface area contributed by atoms with Crippen LogP contribution >= 0.6 is 24.2 Å². The second-order valence-electron chi connectivity index (χ2n) is 2.12. The van der Waals surface area contributed by atoms with E-state index in [2.05, 4.69) is 29.5 Å². The third-order valence-corrected chi connectivity index (χ3v) is 1.74. The molecule has 0 radical (unpaired) electrons. The fourth-order valence-corrected chi connectivity index (χ4v) is 0.971. The lowest BCUT2D eigenvalue weighted by Gasteiger charge is -1.90. The number of hydrogen-bond acceptors (Lipinski definition) is 2. The highest BCUT2D eigenvalue weighted by atomic mass is 35.5. The van der Waals surface area contributed by atoms with Gasteiger partial charge < -0.3 is 0 Å². The van der Waals surface area contributed by atoms with E-state index >= 15 is 0 Å². The second kappa shape index (κ2) is 5.08. The molecule has 0 saturated carbocycles. The van der Waals surface area contributed by atoms with Gasteiger partial charge in [0.15, 0.2) is 0 Å². The fraction of sp³-hybridized carbons (Fsp3) is 0.222. The van der Waals surface area contributed by atoms with E-state index in [9.17, 15) is 0 Å². The summed E-state index contributed by atoms with van der Waals surface area (Å²) < 4.78 is 0. The minimum Gasteiger partial charge on any atom is -0.243 e. The molecule has 0 aliphatic carbocycles. The molecule has 0 saturated heterocycles. The highest BCUT2D eigenvalue weighted by molar-refractivity contribution is 7.80. The highest BCUT2D eigenvalue weighted by Crippen LogP contribution is 2.09. The van der Waals surface area contributed by atoms with Gasteiger partial charge in [0, 0.05) is 18.4 Å². The Balaban J connectivity index is 2.77. The van der Waals surface area contributed by atoms with E-state index in [1.54, 1.807) is 6.20 Å². The summed E-state index contributed by atoms with van der Waals surface area (Å²) in [6, 6.07) is 3.66. The van der Waals surface area contributed by atoms with Crippen molar-refractivity contribution < 1.29 is 0 Å². The molecule has 3 heteroatoms. The predicted molar refractivity (Wildman–Crippen MR) is 54.6 cm³/mol. The Morgan fingerprint density at radius 3 is 3.08 bits per heavy atom. The van der Waals surface area contributed by atoms with Crippen LogP contribution in [0.15, 0.2) is 18.3 Å². The van der Waals surface area contributed by atoms with E-state index in [0.29, 0.717) is 5.15 Å². The topological polar surface area (TPSA) is 12.9 Å². The molecule has 12 heavy (non-hydrogen) atoms. The van der Waals surface area contributed by atoms with Crippen molar-refractivity contribution in [2.24, 2.45) is 0 Å². The van der Waals surface area contributed by atoms with Gasteiger partial charge in [-0.2, -0.15) is 12.6 Å². The average molecular weight is 198 g/mol. The van der Waals surface area contributed by atoms with Crippen LogP contribution in [-0.2, 0) is 0 Å². The van der Waals surface area contributed by atoms with Crippen LogP contribution in [-0.4, -0.2) is 10.7 Å². The van der Waals surface area contributed by atoms with Crippen molar-refractivity contribution in [1.82, 2.24) is 4.98 Å². The first-order valence-electron chi connectivity index (χ1n) is 3.55. The third-order valence-electron chi connectivity index (χ3n) is 1.22. The summed E-state index contributed by atoms with van der Waals surface area (Å²) in [5, 5.41) is 0.462. The summed E-state index contributed by atoms with van der Waals surface area (Å²) >= 11 is 9.81. The maximum absolute atomic E-state index is 5.77. The van der Waals surface area contributed by atoms with Gasteiger partial charge in [-0.15, -0.1) is 0 Å². The van der Waals surface area contributed by atoms with Gasteiger partial charge in [0.2, 0.25) is 0 Å². The zero-order valence-electron chi connectivity index (χ0n) is 6.42. The maximum atomic E-state index is 5.77. The van der Waals surface area contributed by atoms with Gasteiger partial charge in [-0.05, 0) is 12.1 Å². The van der Waals surface area contributed by atoms with Gasteiger partial charge >= 0.3 is 0 Å². The van der Waals surface area contributed by atoms with Crippen molar-refractivity contribution in [2.75, 3.05) is 5.75 Å². The average Bonchev–Trinajstić information content (AvgIpc) is 2.09. The first-order chi connectivity index (χ1) is 5.84. The van der Waals surface area contributed by atoms with Crippen molar-refractivity contribution in [2.45, 2.75) is 6.42 Å². The third kappa shape index (κ3) is 2.77. The van der Waals surface area contributed by atoms with Gasteiger partial charge in [-0.3, -0.25) is 0 Å². The lowest BCUT2D eigenvalue weighted by molar-refractivity contribution is 1.29. The molecule has 0 fully saturated rings. The molecule has 1 rings (SSSR count). The molecule has 1 heterocycles. The number of thiol groups is 1.